The van der Waals surface area contributed by atoms with E-state index in [4.69, 9.17) is 4.42 Å². The molecule has 156 valence electrons. The van der Waals surface area contributed by atoms with Crippen molar-refractivity contribution in [3.8, 4) is 0 Å². The molecular formula is C21H16N4O5S. The number of thioether (sulfide) groups is 1. The van der Waals surface area contributed by atoms with Crippen LogP contribution in [0.2, 0.25) is 0 Å². The van der Waals surface area contributed by atoms with Gasteiger partial charge >= 0.3 is 5.97 Å². The van der Waals surface area contributed by atoms with Gasteiger partial charge in [-0.25, -0.2) is 4.79 Å². The summed E-state index contributed by atoms with van der Waals surface area (Å²) in [6.45, 7) is 2.11. The minimum Gasteiger partial charge on any atom is -0.477 e. The van der Waals surface area contributed by atoms with Crippen LogP contribution in [0.3, 0.4) is 0 Å². The van der Waals surface area contributed by atoms with Crippen molar-refractivity contribution in [1.82, 2.24) is 14.8 Å². The Kier molecular flexibility index (Phi) is 5.54. The summed E-state index contributed by atoms with van der Waals surface area (Å²) in [5.74, 6) is -0.750. The molecule has 2 aromatic heterocycles. The van der Waals surface area contributed by atoms with E-state index in [1.807, 2.05) is 35.0 Å². The average molecular weight is 436 g/mol. The zero-order chi connectivity index (χ0) is 22.0. The number of hydrogen-bond donors (Lipinski definition) is 1. The predicted molar refractivity (Wildman–Crippen MR) is 115 cm³/mol. The molecule has 0 bridgehead atoms. The van der Waals surface area contributed by atoms with Gasteiger partial charge < -0.3 is 14.1 Å². The Bertz CT molecular complexity index is 1310. The fourth-order valence-electron chi connectivity index (χ4n) is 3.13. The van der Waals surface area contributed by atoms with Crippen molar-refractivity contribution >= 4 is 40.4 Å². The molecule has 0 spiro atoms. The van der Waals surface area contributed by atoms with Crippen molar-refractivity contribution < 1.29 is 19.2 Å². The summed E-state index contributed by atoms with van der Waals surface area (Å²) in [5.41, 5.74) is 2.55. The van der Waals surface area contributed by atoms with Crippen LogP contribution in [-0.4, -0.2) is 30.8 Å². The maximum Gasteiger partial charge on any atom is 0.342 e. The monoisotopic (exact) mass is 436 g/mol. The highest BCUT2D eigenvalue weighted by atomic mass is 32.2. The predicted octanol–water partition coefficient (Wildman–Crippen LogP) is 4.51. The molecule has 1 N–H and O–H groups in total. The summed E-state index contributed by atoms with van der Waals surface area (Å²) in [6.07, 6.45) is 3.43. The van der Waals surface area contributed by atoms with E-state index in [1.54, 1.807) is 25.1 Å². The van der Waals surface area contributed by atoms with Crippen LogP contribution in [0.25, 0.3) is 17.0 Å². The minimum absolute atomic E-state index is 0.0316. The Labute approximate surface area is 180 Å². The van der Waals surface area contributed by atoms with E-state index < -0.39 is 10.9 Å². The number of aromatic nitrogens is 3. The fraction of sp³-hybridized carbons (Fsp3) is 0.0952. The lowest BCUT2D eigenvalue weighted by Crippen LogP contribution is -1.98. The molecular weight excluding hydrogens is 420 g/mol. The highest BCUT2D eigenvalue weighted by molar-refractivity contribution is 8.03. The fourth-order valence-corrected chi connectivity index (χ4v) is 3.84. The number of rotatable bonds is 7. The van der Waals surface area contributed by atoms with Crippen molar-refractivity contribution in [1.29, 1.82) is 0 Å². The van der Waals surface area contributed by atoms with Gasteiger partial charge in [0.2, 0.25) is 5.89 Å². The van der Waals surface area contributed by atoms with Gasteiger partial charge in [0.15, 0.2) is 0 Å². The van der Waals surface area contributed by atoms with Crippen molar-refractivity contribution in [2.45, 2.75) is 18.7 Å². The van der Waals surface area contributed by atoms with Crippen molar-refractivity contribution in [3.05, 3.63) is 86.8 Å². The highest BCUT2D eigenvalue weighted by Gasteiger charge is 2.16. The lowest BCUT2D eigenvalue weighted by Gasteiger charge is -2.05. The van der Waals surface area contributed by atoms with Crippen LogP contribution in [-0.2, 0) is 11.3 Å². The van der Waals surface area contributed by atoms with Crippen molar-refractivity contribution in [2.75, 3.05) is 0 Å². The van der Waals surface area contributed by atoms with E-state index >= 15 is 0 Å². The number of aryl methyl sites for hydroxylation is 1. The number of carboxylic acid groups (broad SMARTS) is 1. The first-order valence-corrected chi connectivity index (χ1v) is 9.96. The van der Waals surface area contributed by atoms with Gasteiger partial charge in [0.1, 0.15) is 4.91 Å². The van der Waals surface area contributed by atoms with E-state index in [2.05, 4.69) is 10.2 Å². The van der Waals surface area contributed by atoms with E-state index in [1.165, 1.54) is 12.1 Å². The molecule has 4 aromatic rings. The first-order chi connectivity index (χ1) is 14.9. The zero-order valence-electron chi connectivity index (χ0n) is 16.3. The number of benzene rings is 2. The van der Waals surface area contributed by atoms with E-state index in [0.29, 0.717) is 12.4 Å². The van der Waals surface area contributed by atoms with Crippen LogP contribution < -0.4 is 0 Å². The highest BCUT2D eigenvalue weighted by Crippen LogP contribution is 2.31. The maximum absolute atomic E-state index is 11.8. The van der Waals surface area contributed by atoms with Crippen LogP contribution in [0.4, 0.5) is 5.69 Å². The lowest BCUT2D eigenvalue weighted by atomic mass is 10.1. The number of hydrogen-bond acceptors (Lipinski definition) is 7. The molecule has 0 fully saturated rings. The molecule has 10 heteroatoms. The van der Waals surface area contributed by atoms with Gasteiger partial charge in [0, 0.05) is 48.3 Å². The second kappa shape index (κ2) is 8.44. The third-order valence-electron chi connectivity index (χ3n) is 4.52. The normalized spacial score (nSPS) is 11.7. The molecule has 0 aliphatic heterocycles. The van der Waals surface area contributed by atoms with E-state index in [9.17, 15) is 20.0 Å². The van der Waals surface area contributed by atoms with Gasteiger partial charge in [-0.1, -0.05) is 30.3 Å². The number of nitro groups is 1. The van der Waals surface area contributed by atoms with Gasteiger partial charge in [-0.3, -0.25) is 10.1 Å². The van der Waals surface area contributed by atoms with Gasteiger partial charge in [-0.15, -0.1) is 10.2 Å². The maximum atomic E-state index is 11.8. The number of nitro benzene ring substituents is 1. The number of para-hydroxylation sites is 1. The van der Waals surface area contributed by atoms with Crippen LogP contribution in [0, 0.1) is 17.0 Å². The van der Waals surface area contributed by atoms with Crippen LogP contribution in [0.5, 0.6) is 0 Å². The summed E-state index contributed by atoms with van der Waals surface area (Å²) >= 11 is 0.887. The van der Waals surface area contributed by atoms with Crippen molar-refractivity contribution in [3.63, 3.8) is 0 Å². The van der Waals surface area contributed by atoms with E-state index in [-0.39, 0.29) is 15.8 Å². The Balaban J connectivity index is 1.70. The number of fused-ring (bicyclic) bond motifs is 1. The first-order valence-electron chi connectivity index (χ1n) is 9.15. The molecule has 0 saturated carbocycles. The standard InChI is InChI=1S/C21H16N4O5S/c1-13-22-23-21(30-13)31-19(20(26)27)10-15-12-24(18-5-3-2-4-17(15)18)11-14-6-8-16(9-7-14)25(28)29/h2-10,12H,11H2,1H3,(H,26,27)/b19-10-. The SMILES string of the molecule is Cc1nnc(S/C(=C\c2cn(Cc3ccc([N+](=O)[O-])cc3)c3ccccc23)C(=O)O)o1. The number of carboxylic acids is 1. The van der Waals surface area contributed by atoms with Gasteiger partial charge in [-0.2, -0.15) is 0 Å². The number of nitrogens with zero attached hydrogens (tertiary/aromatic N) is 4. The molecule has 2 heterocycles. The van der Waals surface area contributed by atoms with Crippen LogP contribution in [0.1, 0.15) is 17.0 Å². The molecule has 2 aromatic carbocycles. The molecule has 0 aliphatic rings. The van der Waals surface area contributed by atoms with E-state index in [0.717, 1.165) is 33.8 Å². The quantitative estimate of drug-likeness (QED) is 0.194. The minimum atomic E-state index is -1.10. The van der Waals surface area contributed by atoms with Gasteiger partial charge in [0.25, 0.3) is 10.9 Å². The summed E-state index contributed by atoms with van der Waals surface area (Å²) in [7, 11) is 0. The van der Waals surface area contributed by atoms with Crippen LogP contribution >= 0.6 is 11.8 Å². The summed E-state index contributed by atoms with van der Waals surface area (Å²) < 4.78 is 7.26. The molecule has 31 heavy (non-hydrogen) atoms. The summed E-state index contributed by atoms with van der Waals surface area (Å²) in [4.78, 5) is 22.3. The first kappa shape index (κ1) is 20.4. The smallest absolute Gasteiger partial charge is 0.342 e. The molecule has 0 atom stereocenters. The molecule has 0 radical (unpaired) electrons. The van der Waals surface area contributed by atoms with Crippen molar-refractivity contribution in [2.24, 2.45) is 0 Å². The Morgan fingerprint density at radius 2 is 1.97 bits per heavy atom. The Morgan fingerprint density at radius 1 is 1.23 bits per heavy atom. The number of non-ortho nitro benzene ring substituents is 1. The second-order valence-electron chi connectivity index (χ2n) is 6.66. The topological polar surface area (TPSA) is 124 Å². The summed E-state index contributed by atoms with van der Waals surface area (Å²) in [5, 5.41) is 29.1. The molecule has 0 aliphatic carbocycles. The zero-order valence-corrected chi connectivity index (χ0v) is 17.1. The molecule has 0 unspecified atom stereocenters. The largest absolute Gasteiger partial charge is 0.477 e. The van der Waals surface area contributed by atoms with Gasteiger partial charge in [-0.05, 0) is 29.5 Å². The Hall–Kier alpha value is -3.92. The molecule has 4 rings (SSSR count). The third kappa shape index (κ3) is 4.48. The van der Waals surface area contributed by atoms with Gasteiger partial charge in [0.05, 0.1) is 4.92 Å². The second-order valence-corrected chi connectivity index (χ2v) is 7.65. The third-order valence-corrected chi connectivity index (χ3v) is 5.37. The Morgan fingerprint density at radius 3 is 2.61 bits per heavy atom. The summed E-state index contributed by atoms with van der Waals surface area (Å²) in [6, 6.07) is 14.0. The lowest BCUT2D eigenvalue weighted by molar-refractivity contribution is -0.384. The number of aliphatic carboxylic acids is 1. The van der Waals surface area contributed by atoms with Crippen LogP contribution in [0.15, 0.2) is 69.3 Å². The number of carbonyl (C=O) groups is 1. The molecule has 0 saturated heterocycles. The molecule has 9 nitrogen and oxygen atoms in total. The molecule has 0 amide bonds. The average Bonchev–Trinajstić information content (AvgIpc) is 3.31.